The van der Waals surface area contributed by atoms with Crippen molar-refractivity contribution in [2.45, 2.75) is 32.6 Å². The molecule has 0 spiro atoms. The highest BCUT2D eigenvalue weighted by molar-refractivity contribution is 5.67. The van der Waals surface area contributed by atoms with Crippen molar-refractivity contribution >= 4 is 5.97 Å². The van der Waals surface area contributed by atoms with Crippen LogP contribution in [0, 0.1) is 6.92 Å². The van der Waals surface area contributed by atoms with Crippen LogP contribution in [-0.2, 0) is 24.1 Å². The first-order valence-electron chi connectivity index (χ1n) is 11.7. The van der Waals surface area contributed by atoms with Gasteiger partial charge in [0.05, 0.1) is 18.9 Å². The van der Waals surface area contributed by atoms with Crippen LogP contribution in [0.15, 0.2) is 83.3 Å². The molecule has 0 saturated heterocycles. The maximum Gasteiger partial charge on any atom is 0.303 e. The number of hydrogen-bond donors (Lipinski definition) is 1. The number of hydrogen-bond acceptors (Lipinski definition) is 5. The second kappa shape index (κ2) is 11.9. The third-order valence-corrected chi connectivity index (χ3v) is 5.66. The molecule has 0 aliphatic heterocycles. The second-order valence-electron chi connectivity index (χ2n) is 8.23. The molecule has 4 rings (SSSR count). The molecule has 0 bridgehead atoms. The smallest absolute Gasteiger partial charge is 0.303 e. The van der Waals surface area contributed by atoms with Gasteiger partial charge in [-0.15, -0.1) is 0 Å². The SMILES string of the molecule is Cc1oc(-c2ccccc2)nc1CCOc1ccc(CCC(=O)O)c(OCCc2ccccc2)c1. The Kier molecular flexibility index (Phi) is 8.17. The van der Waals surface area contributed by atoms with Gasteiger partial charge in [-0.05, 0) is 42.7 Å². The van der Waals surface area contributed by atoms with Gasteiger partial charge >= 0.3 is 5.97 Å². The lowest BCUT2D eigenvalue weighted by molar-refractivity contribution is -0.136. The third kappa shape index (κ3) is 6.96. The van der Waals surface area contributed by atoms with E-state index in [1.54, 1.807) is 0 Å². The number of carboxylic acids is 1. The predicted octanol–water partition coefficient (Wildman–Crippen LogP) is 5.91. The average Bonchev–Trinajstić information content (AvgIpc) is 3.25. The number of aliphatic carboxylic acids is 1. The fraction of sp³-hybridized carbons (Fsp3) is 0.241. The van der Waals surface area contributed by atoms with Crippen molar-refractivity contribution in [3.63, 3.8) is 0 Å². The van der Waals surface area contributed by atoms with Gasteiger partial charge < -0.3 is 19.0 Å². The summed E-state index contributed by atoms with van der Waals surface area (Å²) < 4.78 is 17.9. The molecule has 1 N–H and O–H groups in total. The summed E-state index contributed by atoms with van der Waals surface area (Å²) >= 11 is 0. The Hall–Kier alpha value is -4.06. The average molecular weight is 472 g/mol. The molecule has 1 aromatic heterocycles. The molecule has 6 heteroatoms. The van der Waals surface area contributed by atoms with Gasteiger partial charge in [0.15, 0.2) is 0 Å². The van der Waals surface area contributed by atoms with E-state index in [9.17, 15) is 4.79 Å². The Balaban J connectivity index is 1.38. The first kappa shape index (κ1) is 24.1. The molecule has 0 amide bonds. The van der Waals surface area contributed by atoms with Crippen LogP contribution in [0.2, 0.25) is 0 Å². The van der Waals surface area contributed by atoms with Gasteiger partial charge in [-0.1, -0.05) is 54.6 Å². The van der Waals surface area contributed by atoms with E-state index in [0.717, 1.165) is 29.0 Å². The molecule has 0 aliphatic carbocycles. The maximum atomic E-state index is 11.1. The van der Waals surface area contributed by atoms with Crippen molar-refractivity contribution in [1.29, 1.82) is 0 Å². The van der Waals surface area contributed by atoms with Crippen LogP contribution in [0.4, 0.5) is 0 Å². The summed E-state index contributed by atoms with van der Waals surface area (Å²) in [6, 6.07) is 25.5. The van der Waals surface area contributed by atoms with Crippen LogP contribution < -0.4 is 9.47 Å². The molecule has 180 valence electrons. The highest BCUT2D eigenvalue weighted by Crippen LogP contribution is 2.27. The van der Waals surface area contributed by atoms with E-state index in [0.29, 0.717) is 43.4 Å². The summed E-state index contributed by atoms with van der Waals surface area (Å²) in [6.07, 6.45) is 1.81. The highest BCUT2D eigenvalue weighted by atomic mass is 16.5. The van der Waals surface area contributed by atoms with Gasteiger partial charge in [-0.2, -0.15) is 0 Å². The Morgan fingerprint density at radius 2 is 1.60 bits per heavy atom. The van der Waals surface area contributed by atoms with Gasteiger partial charge in [0.25, 0.3) is 0 Å². The molecule has 6 nitrogen and oxygen atoms in total. The molecular formula is C29H29NO5. The summed E-state index contributed by atoms with van der Waals surface area (Å²) in [7, 11) is 0. The van der Waals surface area contributed by atoms with Crippen LogP contribution in [0.25, 0.3) is 11.5 Å². The molecule has 0 fully saturated rings. The van der Waals surface area contributed by atoms with Crippen molar-refractivity contribution in [3.8, 4) is 23.0 Å². The number of aromatic nitrogens is 1. The van der Waals surface area contributed by atoms with Crippen molar-refractivity contribution in [3.05, 3.63) is 101 Å². The molecule has 3 aromatic carbocycles. The van der Waals surface area contributed by atoms with Gasteiger partial charge in [0.1, 0.15) is 17.3 Å². The van der Waals surface area contributed by atoms with Crippen LogP contribution >= 0.6 is 0 Å². The molecule has 0 unspecified atom stereocenters. The zero-order valence-corrected chi connectivity index (χ0v) is 19.8. The normalized spacial score (nSPS) is 10.8. The van der Waals surface area contributed by atoms with Crippen molar-refractivity contribution < 1.29 is 23.8 Å². The predicted molar refractivity (Wildman–Crippen MR) is 134 cm³/mol. The van der Waals surface area contributed by atoms with E-state index in [-0.39, 0.29) is 6.42 Å². The van der Waals surface area contributed by atoms with E-state index < -0.39 is 5.97 Å². The van der Waals surface area contributed by atoms with E-state index >= 15 is 0 Å². The second-order valence-corrected chi connectivity index (χ2v) is 8.23. The first-order chi connectivity index (χ1) is 17.1. The summed E-state index contributed by atoms with van der Waals surface area (Å²) in [5.74, 6) is 1.88. The monoisotopic (exact) mass is 471 g/mol. The Bertz CT molecular complexity index is 1230. The van der Waals surface area contributed by atoms with Gasteiger partial charge in [0, 0.05) is 30.9 Å². The minimum atomic E-state index is -0.835. The van der Waals surface area contributed by atoms with Crippen molar-refractivity contribution in [2.24, 2.45) is 0 Å². The summed E-state index contributed by atoms with van der Waals surface area (Å²) in [5, 5.41) is 9.09. The Morgan fingerprint density at radius 1 is 0.886 bits per heavy atom. The Labute approximate surface area is 205 Å². The van der Waals surface area contributed by atoms with E-state index in [4.69, 9.17) is 19.0 Å². The van der Waals surface area contributed by atoms with E-state index in [1.807, 2.05) is 73.7 Å². The van der Waals surface area contributed by atoms with Crippen molar-refractivity contribution in [2.75, 3.05) is 13.2 Å². The third-order valence-electron chi connectivity index (χ3n) is 5.66. The quantitative estimate of drug-likeness (QED) is 0.277. The van der Waals surface area contributed by atoms with Gasteiger partial charge in [-0.25, -0.2) is 4.98 Å². The van der Waals surface area contributed by atoms with Crippen LogP contribution in [0.5, 0.6) is 11.5 Å². The maximum absolute atomic E-state index is 11.1. The zero-order chi connectivity index (χ0) is 24.5. The lowest BCUT2D eigenvalue weighted by atomic mass is 10.1. The number of carboxylic acid groups (broad SMARTS) is 1. The fourth-order valence-electron chi connectivity index (χ4n) is 3.76. The summed E-state index contributed by atoms with van der Waals surface area (Å²) in [6.45, 7) is 2.83. The fourth-order valence-corrected chi connectivity index (χ4v) is 3.76. The number of aryl methyl sites for hydroxylation is 2. The lowest BCUT2D eigenvalue weighted by Gasteiger charge is -2.14. The topological polar surface area (TPSA) is 81.8 Å². The van der Waals surface area contributed by atoms with E-state index in [1.165, 1.54) is 5.56 Å². The molecule has 35 heavy (non-hydrogen) atoms. The first-order valence-corrected chi connectivity index (χ1v) is 11.7. The molecular weight excluding hydrogens is 442 g/mol. The molecule has 0 atom stereocenters. The molecule has 0 radical (unpaired) electrons. The van der Waals surface area contributed by atoms with E-state index in [2.05, 4.69) is 17.1 Å². The largest absolute Gasteiger partial charge is 0.493 e. The Morgan fingerprint density at radius 3 is 2.34 bits per heavy atom. The number of carbonyl (C=O) groups is 1. The van der Waals surface area contributed by atoms with Crippen molar-refractivity contribution in [1.82, 2.24) is 4.98 Å². The number of oxazole rings is 1. The van der Waals surface area contributed by atoms with Gasteiger partial charge in [0.2, 0.25) is 5.89 Å². The van der Waals surface area contributed by atoms with Gasteiger partial charge in [-0.3, -0.25) is 4.79 Å². The number of benzene rings is 3. The number of nitrogens with zero attached hydrogens (tertiary/aromatic N) is 1. The van der Waals surface area contributed by atoms with Crippen LogP contribution in [0.1, 0.15) is 29.0 Å². The minimum absolute atomic E-state index is 0.0461. The number of rotatable bonds is 12. The molecule has 4 aromatic rings. The van der Waals surface area contributed by atoms with Crippen LogP contribution in [0.3, 0.4) is 0 Å². The molecule has 1 heterocycles. The minimum Gasteiger partial charge on any atom is -0.493 e. The zero-order valence-electron chi connectivity index (χ0n) is 19.8. The summed E-state index contributed by atoms with van der Waals surface area (Å²) in [4.78, 5) is 15.7. The standard InChI is InChI=1S/C29H29NO5/c1-21-26(30-29(35-21)24-10-6-3-7-11-24)17-19-33-25-14-12-23(13-15-28(31)32)27(20-25)34-18-16-22-8-4-2-5-9-22/h2-12,14,20H,13,15-19H2,1H3,(H,31,32). The highest BCUT2D eigenvalue weighted by Gasteiger charge is 2.12. The lowest BCUT2D eigenvalue weighted by Crippen LogP contribution is -2.07. The molecule has 0 aliphatic rings. The molecule has 0 saturated carbocycles. The van der Waals surface area contributed by atoms with Crippen LogP contribution in [-0.4, -0.2) is 29.3 Å². The summed E-state index contributed by atoms with van der Waals surface area (Å²) in [5.41, 5.74) is 3.84. The number of ether oxygens (including phenoxy) is 2.